The molecule has 2 aromatic carbocycles. The standard InChI is InChI=1S/C21H21NO2S2/c1-2-14-4-3-5-17-18(12-22-20(14)17)19(23)13-24-16-8-6-15(7-9-16)21-25-10-11-26-21/h3-9,12,21-22H,2,10-11,13H2,1H3. The average Bonchev–Trinajstić information content (AvgIpc) is 3.36. The predicted octanol–water partition coefficient (Wildman–Crippen LogP) is 5.47. The molecule has 1 saturated heterocycles. The number of nitrogens with one attached hydrogen (secondary N) is 1. The van der Waals surface area contributed by atoms with Crippen LogP contribution in [0.1, 0.15) is 33.0 Å². The quantitative estimate of drug-likeness (QED) is 0.573. The van der Waals surface area contributed by atoms with Crippen LogP contribution in [-0.4, -0.2) is 28.9 Å². The van der Waals surface area contributed by atoms with E-state index in [9.17, 15) is 4.79 Å². The maximum absolute atomic E-state index is 12.6. The predicted molar refractivity (Wildman–Crippen MR) is 112 cm³/mol. The van der Waals surface area contributed by atoms with Crippen LogP contribution in [0.5, 0.6) is 5.75 Å². The molecule has 0 bridgehead atoms. The number of para-hydroxylation sites is 1. The van der Waals surface area contributed by atoms with Crippen molar-refractivity contribution in [1.82, 2.24) is 4.98 Å². The lowest BCUT2D eigenvalue weighted by Gasteiger charge is -2.10. The number of aromatic nitrogens is 1. The zero-order chi connectivity index (χ0) is 17.9. The van der Waals surface area contributed by atoms with Crippen LogP contribution in [-0.2, 0) is 6.42 Å². The maximum atomic E-state index is 12.6. The van der Waals surface area contributed by atoms with Gasteiger partial charge in [-0.1, -0.05) is 37.3 Å². The fourth-order valence-electron chi connectivity index (χ4n) is 3.24. The molecule has 0 unspecified atom stereocenters. The summed E-state index contributed by atoms with van der Waals surface area (Å²) < 4.78 is 6.27. The minimum Gasteiger partial charge on any atom is -0.485 e. The number of aryl methyl sites for hydroxylation is 1. The van der Waals surface area contributed by atoms with Crippen molar-refractivity contribution in [2.45, 2.75) is 17.9 Å². The van der Waals surface area contributed by atoms with Crippen LogP contribution in [0.3, 0.4) is 0 Å². The minimum atomic E-state index is -0.00418. The Kier molecular flexibility index (Phi) is 5.27. The summed E-state index contributed by atoms with van der Waals surface area (Å²) in [5.41, 5.74) is 4.29. The fourth-order valence-corrected chi connectivity index (χ4v) is 6.10. The first-order valence-corrected chi connectivity index (χ1v) is 10.9. The normalized spacial score (nSPS) is 14.8. The van der Waals surface area contributed by atoms with Gasteiger partial charge in [0.25, 0.3) is 0 Å². The number of Topliss-reactive ketones (excluding diaryl/α,β-unsaturated/α-hetero) is 1. The van der Waals surface area contributed by atoms with Crippen molar-refractivity contribution >= 4 is 40.2 Å². The molecule has 134 valence electrons. The zero-order valence-corrected chi connectivity index (χ0v) is 16.3. The van der Waals surface area contributed by atoms with E-state index in [0.717, 1.165) is 23.1 Å². The number of hydrogen-bond donors (Lipinski definition) is 1. The van der Waals surface area contributed by atoms with Crippen molar-refractivity contribution in [3.8, 4) is 5.75 Å². The molecule has 1 aromatic heterocycles. The zero-order valence-electron chi connectivity index (χ0n) is 14.7. The number of fused-ring (bicyclic) bond motifs is 1. The van der Waals surface area contributed by atoms with E-state index >= 15 is 0 Å². The van der Waals surface area contributed by atoms with Gasteiger partial charge in [0.05, 0.1) is 4.58 Å². The lowest BCUT2D eigenvalue weighted by molar-refractivity contribution is 0.0923. The number of ether oxygens (including phenoxy) is 1. The van der Waals surface area contributed by atoms with Gasteiger partial charge in [0, 0.05) is 34.2 Å². The van der Waals surface area contributed by atoms with Gasteiger partial charge in [-0.15, -0.1) is 23.5 Å². The molecule has 5 heteroatoms. The number of H-pyrrole nitrogens is 1. The van der Waals surface area contributed by atoms with Crippen LogP contribution in [0.25, 0.3) is 10.9 Å². The van der Waals surface area contributed by atoms with Crippen molar-refractivity contribution in [2.75, 3.05) is 18.1 Å². The number of carbonyl (C=O) groups is 1. The van der Waals surface area contributed by atoms with Gasteiger partial charge in [0.15, 0.2) is 6.61 Å². The first-order chi connectivity index (χ1) is 12.8. The Hall–Kier alpha value is -1.85. The van der Waals surface area contributed by atoms with E-state index in [2.05, 4.69) is 30.1 Å². The molecular weight excluding hydrogens is 362 g/mol. The summed E-state index contributed by atoms with van der Waals surface area (Å²) in [6.07, 6.45) is 2.74. The summed E-state index contributed by atoms with van der Waals surface area (Å²) in [5.74, 6) is 3.17. The molecule has 0 aliphatic carbocycles. The second-order valence-electron chi connectivity index (χ2n) is 6.25. The highest BCUT2D eigenvalue weighted by molar-refractivity contribution is 8.19. The van der Waals surface area contributed by atoms with Crippen molar-refractivity contribution in [3.05, 3.63) is 65.4 Å². The van der Waals surface area contributed by atoms with E-state index in [-0.39, 0.29) is 12.4 Å². The second-order valence-corrected chi connectivity index (χ2v) is 8.97. The van der Waals surface area contributed by atoms with Crippen molar-refractivity contribution in [1.29, 1.82) is 0 Å². The number of aromatic amines is 1. The number of carbonyl (C=O) groups excluding carboxylic acids is 1. The van der Waals surface area contributed by atoms with Gasteiger partial charge in [-0.2, -0.15) is 0 Å². The van der Waals surface area contributed by atoms with Crippen LogP contribution in [0, 0.1) is 0 Å². The monoisotopic (exact) mass is 383 g/mol. The summed E-state index contributed by atoms with van der Waals surface area (Å²) in [7, 11) is 0. The third-order valence-corrected chi connectivity index (χ3v) is 7.73. The van der Waals surface area contributed by atoms with Crippen LogP contribution in [0.15, 0.2) is 48.7 Å². The average molecular weight is 384 g/mol. The molecule has 0 saturated carbocycles. The van der Waals surface area contributed by atoms with Gasteiger partial charge in [0.2, 0.25) is 5.78 Å². The first-order valence-electron chi connectivity index (χ1n) is 8.84. The van der Waals surface area contributed by atoms with Gasteiger partial charge >= 0.3 is 0 Å². The third kappa shape index (κ3) is 3.51. The fraction of sp³-hybridized carbons (Fsp3) is 0.286. The molecule has 1 N–H and O–H groups in total. The molecule has 3 nitrogen and oxygen atoms in total. The topological polar surface area (TPSA) is 42.1 Å². The Bertz CT molecular complexity index is 911. The van der Waals surface area contributed by atoms with Gasteiger partial charge in [-0.3, -0.25) is 4.79 Å². The maximum Gasteiger partial charge on any atom is 0.202 e. The first kappa shape index (κ1) is 17.6. The summed E-state index contributed by atoms with van der Waals surface area (Å²) in [6.45, 7) is 2.17. The number of thioether (sulfide) groups is 2. The van der Waals surface area contributed by atoms with E-state index in [1.165, 1.54) is 22.6 Å². The molecule has 2 heterocycles. The van der Waals surface area contributed by atoms with Crippen LogP contribution >= 0.6 is 23.5 Å². The summed E-state index contributed by atoms with van der Waals surface area (Å²) in [6, 6.07) is 14.2. The molecule has 0 atom stereocenters. The Labute approximate surface area is 161 Å². The number of benzene rings is 2. The van der Waals surface area contributed by atoms with Gasteiger partial charge in [0.1, 0.15) is 5.75 Å². The van der Waals surface area contributed by atoms with Crippen LogP contribution in [0.4, 0.5) is 0 Å². The second kappa shape index (κ2) is 7.80. The summed E-state index contributed by atoms with van der Waals surface area (Å²) >= 11 is 3.97. The Morgan fingerprint density at radius 3 is 2.65 bits per heavy atom. The number of rotatable bonds is 6. The van der Waals surface area contributed by atoms with Crippen LogP contribution in [0.2, 0.25) is 0 Å². The van der Waals surface area contributed by atoms with E-state index in [4.69, 9.17) is 4.74 Å². The molecule has 3 aromatic rings. The smallest absolute Gasteiger partial charge is 0.202 e. The van der Waals surface area contributed by atoms with Crippen molar-refractivity contribution < 1.29 is 9.53 Å². The molecule has 1 fully saturated rings. The minimum absolute atomic E-state index is 0.00418. The van der Waals surface area contributed by atoms with Gasteiger partial charge in [-0.25, -0.2) is 0 Å². The molecule has 4 rings (SSSR count). The van der Waals surface area contributed by atoms with E-state index < -0.39 is 0 Å². The molecule has 1 aliphatic rings. The van der Waals surface area contributed by atoms with E-state index in [1.807, 2.05) is 47.8 Å². The molecule has 1 aliphatic heterocycles. The highest BCUT2D eigenvalue weighted by Gasteiger charge is 2.18. The SMILES string of the molecule is CCc1cccc2c(C(=O)COc3ccc(C4SCCS4)cc3)c[nH]c12. The van der Waals surface area contributed by atoms with E-state index in [1.54, 1.807) is 6.20 Å². The van der Waals surface area contributed by atoms with Gasteiger partial charge < -0.3 is 9.72 Å². The molecule has 0 spiro atoms. The lowest BCUT2D eigenvalue weighted by Crippen LogP contribution is -2.11. The third-order valence-electron chi connectivity index (χ3n) is 4.63. The van der Waals surface area contributed by atoms with Crippen LogP contribution < -0.4 is 4.74 Å². The molecule has 0 amide bonds. The molecular formula is C21H21NO2S2. The molecule has 26 heavy (non-hydrogen) atoms. The van der Waals surface area contributed by atoms with Crippen molar-refractivity contribution in [2.24, 2.45) is 0 Å². The summed E-state index contributed by atoms with van der Waals surface area (Å²) in [5, 5.41) is 0.976. The number of ketones is 1. The number of hydrogen-bond acceptors (Lipinski definition) is 4. The Morgan fingerprint density at radius 2 is 1.92 bits per heavy atom. The molecule has 0 radical (unpaired) electrons. The Morgan fingerprint density at radius 1 is 1.15 bits per heavy atom. The van der Waals surface area contributed by atoms with E-state index in [0.29, 0.717) is 10.1 Å². The summed E-state index contributed by atoms with van der Waals surface area (Å²) in [4.78, 5) is 15.9. The highest BCUT2D eigenvalue weighted by atomic mass is 32.2. The van der Waals surface area contributed by atoms with Gasteiger partial charge in [-0.05, 0) is 29.7 Å². The Balaban J connectivity index is 1.44. The highest BCUT2D eigenvalue weighted by Crippen LogP contribution is 2.45. The largest absolute Gasteiger partial charge is 0.485 e. The lowest BCUT2D eigenvalue weighted by atomic mass is 10.1. The van der Waals surface area contributed by atoms with Crippen molar-refractivity contribution in [3.63, 3.8) is 0 Å².